The SMILES string of the molecule is CCNC(=O)C(Cc1ccccc1)N(Cc1ccccc1Cl)C(=O)CN(c1ccc(C(C)(C)C)cc1)S(C)(=O)=O. The molecule has 0 saturated carbocycles. The minimum atomic E-state index is -3.83. The molecule has 0 aromatic heterocycles. The number of likely N-dealkylation sites (N-methyl/N-ethyl adjacent to an activating group) is 1. The Balaban J connectivity index is 2.04. The number of rotatable bonds is 11. The highest BCUT2D eigenvalue weighted by molar-refractivity contribution is 7.92. The van der Waals surface area contributed by atoms with Gasteiger partial charge in [0.1, 0.15) is 12.6 Å². The van der Waals surface area contributed by atoms with Gasteiger partial charge in [-0.15, -0.1) is 0 Å². The molecule has 40 heavy (non-hydrogen) atoms. The second-order valence-corrected chi connectivity index (χ2v) is 13.1. The topological polar surface area (TPSA) is 86.8 Å². The molecule has 0 bridgehead atoms. The Morgan fingerprint density at radius 2 is 1.52 bits per heavy atom. The fourth-order valence-corrected chi connectivity index (χ4v) is 5.44. The average molecular weight is 584 g/mol. The first-order chi connectivity index (χ1) is 18.8. The van der Waals surface area contributed by atoms with Crippen molar-refractivity contribution >= 4 is 39.1 Å². The van der Waals surface area contributed by atoms with Gasteiger partial charge in [0.15, 0.2) is 0 Å². The van der Waals surface area contributed by atoms with E-state index in [4.69, 9.17) is 11.6 Å². The summed E-state index contributed by atoms with van der Waals surface area (Å²) in [7, 11) is -3.83. The molecule has 3 aromatic rings. The largest absolute Gasteiger partial charge is 0.355 e. The van der Waals surface area contributed by atoms with Crippen LogP contribution in [0.25, 0.3) is 0 Å². The lowest BCUT2D eigenvalue weighted by Gasteiger charge is -2.33. The van der Waals surface area contributed by atoms with Gasteiger partial charge in [-0.05, 0) is 47.2 Å². The smallest absolute Gasteiger partial charge is 0.244 e. The van der Waals surface area contributed by atoms with Crippen LogP contribution in [0.2, 0.25) is 5.02 Å². The minimum absolute atomic E-state index is 0.0354. The molecule has 0 saturated heterocycles. The van der Waals surface area contributed by atoms with Crippen LogP contribution < -0.4 is 9.62 Å². The van der Waals surface area contributed by atoms with Crippen molar-refractivity contribution in [3.8, 4) is 0 Å². The molecule has 0 spiro atoms. The number of hydrogen-bond acceptors (Lipinski definition) is 4. The summed E-state index contributed by atoms with van der Waals surface area (Å²) in [5, 5.41) is 3.29. The molecule has 0 aliphatic carbocycles. The van der Waals surface area contributed by atoms with Gasteiger partial charge in [0.05, 0.1) is 11.9 Å². The number of nitrogens with zero attached hydrogens (tertiary/aromatic N) is 2. The van der Waals surface area contributed by atoms with Crippen LogP contribution in [0.3, 0.4) is 0 Å². The molecule has 0 fully saturated rings. The Hall–Kier alpha value is -3.36. The van der Waals surface area contributed by atoms with Gasteiger partial charge >= 0.3 is 0 Å². The number of hydrogen-bond donors (Lipinski definition) is 1. The van der Waals surface area contributed by atoms with E-state index < -0.39 is 28.5 Å². The van der Waals surface area contributed by atoms with E-state index in [1.165, 1.54) is 4.90 Å². The number of carbonyl (C=O) groups excluding carboxylic acids is 2. The third-order valence-electron chi connectivity index (χ3n) is 6.62. The molecule has 1 unspecified atom stereocenters. The maximum atomic E-state index is 14.1. The zero-order chi connectivity index (χ0) is 29.5. The molecule has 1 atom stereocenters. The number of amides is 2. The van der Waals surface area contributed by atoms with E-state index >= 15 is 0 Å². The van der Waals surface area contributed by atoms with Crippen molar-refractivity contribution in [2.45, 2.75) is 52.1 Å². The van der Waals surface area contributed by atoms with Crippen molar-refractivity contribution in [2.24, 2.45) is 0 Å². The summed E-state index contributed by atoms with van der Waals surface area (Å²) < 4.78 is 27.0. The second kappa shape index (κ2) is 13.3. The first-order valence-corrected chi connectivity index (χ1v) is 15.5. The summed E-state index contributed by atoms with van der Waals surface area (Å²) in [6.07, 6.45) is 1.32. The molecule has 3 aromatic carbocycles. The highest BCUT2D eigenvalue weighted by atomic mass is 35.5. The third kappa shape index (κ3) is 8.32. The molecule has 9 heteroatoms. The van der Waals surface area contributed by atoms with Gasteiger partial charge in [-0.2, -0.15) is 0 Å². The van der Waals surface area contributed by atoms with Crippen LogP contribution in [-0.2, 0) is 38.0 Å². The van der Waals surface area contributed by atoms with E-state index in [9.17, 15) is 18.0 Å². The van der Waals surface area contributed by atoms with Gasteiger partial charge in [0.25, 0.3) is 0 Å². The molecular weight excluding hydrogens is 546 g/mol. The van der Waals surface area contributed by atoms with Crippen LogP contribution in [-0.4, -0.2) is 50.5 Å². The summed E-state index contributed by atoms with van der Waals surface area (Å²) in [5.41, 5.74) is 2.82. The Bertz CT molecular complexity index is 1400. The molecule has 3 rings (SSSR count). The van der Waals surface area contributed by atoms with E-state index in [0.717, 1.165) is 21.7 Å². The van der Waals surface area contributed by atoms with Gasteiger partial charge in [-0.25, -0.2) is 8.42 Å². The zero-order valence-electron chi connectivity index (χ0n) is 23.7. The van der Waals surface area contributed by atoms with E-state index in [1.807, 2.05) is 55.5 Å². The predicted molar refractivity (Wildman–Crippen MR) is 162 cm³/mol. The Kier molecular flexibility index (Phi) is 10.4. The molecule has 0 heterocycles. The van der Waals surface area contributed by atoms with Crippen LogP contribution in [0.4, 0.5) is 5.69 Å². The minimum Gasteiger partial charge on any atom is -0.355 e. The normalized spacial score (nSPS) is 12.4. The summed E-state index contributed by atoms with van der Waals surface area (Å²) in [6, 6.07) is 22.8. The maximum Gasteiger partial charge on any atom is 0.244 e. The summed E-state index contributed by atoms with van der Waals surface area (Å²) >= 11 is 6.46. The number of nitrogens with one attached hydrogen (secondary N) is 1. The lowest BCUT2D eigenvalue weighted by Crippen LogP contribution is -2.53. The van der Waals surface area contributed by atoms with Crippen molar-refractivity contribution in [3.05, 3.63) is 101 Å². The van der Waals surface area contributed by atoms with E-state index in [2.05, 4.69) is 26.1 Å². The molecule has 1 N–H and O–H groups in total. The van der Waals surface area contributed by atoms with E-state index in [0.29, 0.717) is 22.8 Å². The third-order valence-corrected chi connectivity index (χ3v) is 8.13. The van der Waals surface area contributed by atoms with Crippen molar-refractivity contribution in [3.63, 3.8) is 0 Å². The highest BCUT2D eigenvalue weighted by Crippen LogP contribution is 2.27. The first kappa shape index (κ1) is 31.2. The van der Waals surface area contributed by atoms with Crippen LogP contribution in [0.1, 0.15) is 44.4 Å². The van der Waals surface area contributed by atoms with Crippen molar-refractivity contribution in [1.29, 1.82) is 0 Å². The number of benzene rings is 3. The molecule has 0 radical (unpaired) electrons. The quantitative estimate of drug-likeness (QED) is 0.337. The fourth-order valence-electron chi connectivity index (χ4n) is 4.40. The fraction of sp³-hybridized carbons (Fsp3) is 0.355. The molecule has 2 amide bonds. The summed E-state index contributed by atoms with van der Waals surface area (Å²) in [4.78, 5) is 28.9. The van der Waals surface area contributed by atoms with Gasteiger partial charge in [-0.3, -0.25) is 13.9 Å². The first-order valence-electron chi connectivity index (χ1n) is 13.2. The van der Waals surface area contributed by atoms with Gasteiger partial charge in [-0.1, -0.05) is 93.0 Å². The number of carbonyl (C=O) groups is 2. The van der Waals surface area contributed by atoms with Crippen LogP contribution in [0.5, 0.6) is 0 Å². The van der Waals surface area contributed by atoms with Crippen molar-refractivity contribution < 1.29 is 18.0 Å². The number of anilines is 1. The van der Waals surface area contributed by atoms with Gasteiger partial charge in [0, 0.05) is 24.5 Å². The van der Waals surface area contributed by atoms with E-state index in [-0.39, 0.29) is 24.3 Å². The van der Waals surface area contributed by atoms with Crippen LogP contribution >= 0.6 is 11.6 Å². The Morgan fingerprint density at radius 1 is 0.925 bits per heavy atom. The maximum absolute atomic E-state index is 14.1. The predicted octanol–water partition coefficient (Wildman–Crippen LogP) is 5.18. The van der Waals surface area contributed by atoms with Crippen LogP contribution in [0.15, 0.2) is 78.9 Å². The Labute approximate surface area is 243 Å². The second-order valence-electron chi connectivity index (χ2n) is 10.8. The van der Waals surface area contributed by atoms with Crippen LogP contribution in [0, 0.1) is 0 Å². The number of halogens is 1. The molecule has 7 nitrogen and oxygen atoms in total. The average Bonchev–Trinajstić information content (AvgIpc) is 2.90. The molecular formula is C31H38ClN3O4S. The monoisotopic (exact) mass is 583 g/mol. The lowest BCUT2D eigenvalue weighted by molar-refractivity contribution is -0.140. The molecule has 214 valence electrons. The highest BCUT2D eigenvalue weighted by Gasteiger charge is 2.33. The van der Waals surface area contributed by atoms with E-state index in [1.54, 1.807) is 30.3 Å². The molecule has 0 aliphatic heterocycles. The van der Waals surface area contributed by atoms with Gasteiger partial charge in [0.2, 0.25) is 21.8 Å². The van der Waals surface area contributed by atoms with Gasteiger partial charge < -0.3 is 10.2 Å². The zero-order valence-corrected chi connectivity index (χ0v) is 25.3. The number of sulfonamides is 1. The lowest BCUT2D eigenvalue weighted by atomic mass is 9.87. The van der Waals surface area contributed by atoms with Crippen molar-refractivity contribution in [2.75, 3.05) is 23.7 Å². The summed E-state index contributed by atoms with van der Waals surface area (Å²) in [6.45, 7) is 7.97. The van der Waals surface area contributed by atoms with Crippen molar-refractivity contribution in [1.82, 2.24) is 10.2 Å². The summed E-state index contributed by atoms with van der Waals surface area (Å²) in [5.74, 6) is -0.843. The Morgan fingerprint density at radius 3 is 2.08 bits per heavy atom. The molecule has 0 aliphatic rings. The standard InChI is InChI=1S/C31H38ClN3O4S/c1-6-33-30(37)28(20-23-12-8-7-9-13-23)34(21-24-14-10-11-15-27(24)32)29(36)22-35(40(5,38)39)26-18-16-25(17-19-26)31(2,3)4/h7-19,28H,6,20-22H2,1-5H3,(H,33,37).